The summed E-state index contributed by atoms with van der Waals surface area (Å²) in [7, 11) is 2.85. The maximum absolute atomic E-state index is 11.2. The van der Waals surface area contributed by atoms with Gasteiger partial charge in [0, 0.05) is 0 Å². The van der Waals surface area contributed by atoms with Gasteiger partial charge in [0.15, 0.2) is 0 Å². The van der Waals surface area contributed by atoms with E-state index in [0.717, 1.165) is 0 Å². The molecule has 114 valence electrons. The quantitative estimate of drug-likeness (QED) is 0.819. The number of rotatable bonds is 5. The Morgan fingerprint density at radius 2 is 1.77 bits per heavy atom. The Balaban J connectivity index is 0.00000242. The van der Waals surface area contributed by atoms with Crippen molar-refractivity contribution < 1.29 is 24.1 Å². The zero-order chi connectivity index (χ0) is 15.4. The Bertz CT molecular complexity index is 661. The SMILES string of the molecule is COc1cc(OC)nc(Oc2cccc(Cl)c2C(=O)O)n1.[CaH2]. The van der Waals surface area contributed by atoms with E-state index >= 15 is 0 Å². The van der Waals surface area contributed by atoms with Crippen LogP contribution in [0.3, 0.4) is 0 Å². The number of benzene rings is 1. The third-order valence-corrected chi connectivity index (χ3v) is 2.78. The van der Waals surface area contributed by atoms with E-state index in [1.807, 2.05) is 0 Å². The molecule has 22 heavy (non-hydrogen) atoms. The number of hydrogen-bond acceptors (Lipinski definition) is 6. The molecule has 0 saturated carbocycles. The second-order valence-corrected chi connectivity index (χ2v) is 4.16. The molecule has 0 atom stereocenters. The van der Waals surface area contributed by atoms with Crippen LogP contribution in [-0.2, 0) is 0 Å². The Labute approximate surface area is 161 Å². The molecular weight excluding hydrogens is 340 g/mol. The van der Waals surface area contributed by atoms with Crippen molar-refractivity contribution in [3.8, 4) is 23.5 Å². The van der Waals surface area contributed by atoms with Gasteiger partial charge >= 0.3 is 49.7 Å². The van der Waals surface area contributed by atoms with Gasteiger partial charge in [0.2, 0.25) is 11.8 Å². The summed E-state index contributed by atoms with van der Waals surface area (Å²) in [5, 5.41) is 9.22. The first kappa shape index (κ1) is 18.8. The second-order valence-electron chi connectivity index (χ2n) is 3.76. The predicted octanol–water partition coefficient (Wildman–Crippen LogP) is 1.72. The molecule has 9 heteroatoms. The molecule has 2 aromatic rings. The maximum atomic E-state index is 11.2. The summed E-state index contributed by atoms with van der Waals surface area (Å²) in [6.07, 6.45) is 0. The first-order valence-electron chi connectivity index (χ1n) is 5.72. The molecular formula is C13H13CaClN2O5. The van der Waals surface area contributed by atoms with E-state index in [-0.39, 0.29) is 71.8 Å². The van der Waals surface area contributed by atoms with Gasteiger partial charge in [-0.05, 0) is 12.1 Å². The molecule has 0 aliphatic carbocycles. The Morgan fingerprint density at radius 3 is 2.27 bits per heavy atom. The van der Waals surface area contributed by atoms with E-state index in [4.69, 9.17) is 25.8 Å². The molecule has 0 aliphatic heterocycles. The van der Waals surface area contributed by atoms with Gasteiger partial charge in [-0.2, -0.15) is 9.97 Å². The summed E-state index contributed by atoms with van der Waals surface area (Å²) in [6.45, 7) is 0. The van der Waals surface area contributed by atoms with Crippen molar-refractivity contribution >= 4 is 55.3 Å². The number of hydrogen-bond donors (Lipinski definition) is 1. The van der Waals surface area contributed by atoms with Crippen LogP contribution in [0, 0.1) is 0 Å². The molecule has 0 bridgehead atoms. The van der Waals surface area contributed by atoms with Gasteiger partial charge in [0.05, 0.1) is 25.3 Å². The van der Waals surface area contributed by atoms with Crippen LogP contribution in [-0.4, -0.2) is 73.0 Å². The van der Waals surface area contributed by atoms with E-state index in [2.05, 4.69) is 9.97 Å². The van der Waals surface area contributed by atoms with Crippen molar-refractivity contribution in [3.63, 3.8) is 0 Å². The standard InChI is InChI=1S/C13H11ClN2O5.Ca.2H/c1-19-9-6-10(20-2)16-13(15-9)21-8-5-3-4-7(14)11(8)12(17)18;;;/h3-6H,1-2H3,(H,17,18);;;. The number of methoxy groups -OCH3 is 2. The van der Waals surface area contributed by atoms with Crippen molar-refractivity contribution in [1.29, 1.82) is 0 Å². The average molecular weight is 353 g/mol. The first-order chi connectivity index (χ1) is 10.0. The van der Waals surface area contributed by atoms with Crippen LogP contribution in [0.2, 0.25) is 5.02 Å². The Kier molecular flexibility index (Phi) is 7.15. The first-order valence-corrected chi connectivity index (χ1v) is 6.09. The van der Waals surface area contributed by atoms with Gasteiger partial charge in [-0.25, -0.2) is 4.79 Å². The summed E-state index contributed by atoms with van der Waals surface area (Å²) in [6, 6.07) is 5.80. The summed E-state index contributed by atoms with van der Waals surface area (Å²) >= 11 is 5.86. The molecule has 0 unspecified atom stereocenters. The average Bonchev–Trinajstić information content (AvgIpc) is 2.46. The van der Waals surface area contributed by atoms with E-state index < -0.39 is 5.97 Å². The molecule has 0 saturated heterocycles. The minimum atomic E-state index is -1.22. The number of carbonyl (C=O) groups is 1. The fraction of sp³-hybridized carbons (Fsp3) is 0.154. The van der Waals surface area contributed by atoms with Crippen molar-refractivity contribution in [2.75, 3.05) is 14.2 Å². The molecule has 0 amide bonds. The Morgan fingerprint density at radius 1 is 1.18 bits per heavy atom. The molecule has 1 aromatic heterocycles. The van der Waals surface area contributed by atoms with Crippen LogP contribution in [0.4, 0.5) is 0 Å². The van der Waals surface area contributed by atoms with E-state index in [0.29, 0.717) is 0 Å². The molecule has 1 aromatic carbocycles. The van der Waals surface area contributed by atoms with Crippen LogP contribution in [0.25, 0.3) is 0 Å². The number of carboxylic acid groups (broad SMARTS) is 1. The number of ether oxygens (including phenoxy) is 3. The van der Waals surface area contributed by atoms with Gasteiger partial charge in [-0.1, -0.05) is 17.7 Å². The van der Waals surface area contributed by atoms with E-state index in [9.17, 15) is 9.90 Å². The van der Waals surface area contributed by atoms with Crippen LogP contribution >= 0.6 is 11.6 Å². The topological polar surface area (TPSA) is 90.8 Å². The molecule has 0 spiro atoms. The summed E-state index contributed by atoms with van der Waals surface area (Å²) in [5.41, 5.74) is -0.176. The van der Waals surface area contributed by atoms with Gasteiger partial charge in [-0.3, -0.25) is 0 Å². The molecule has 0 aliphatic rings. The van der Waals surface area contributed by atoms with Crippen LogP contribution < -0.4 is 14.2 Å². The summed E-state index contributed by atoms with van der Waals surface area (Å²) in [4.78, 5) is 19.1. The Hall–Kier alpha value is -1.28. The number of halogens is 1. The summed E-state index contributed by atoms with van der Waals surface area (Å²) < 4.78 is 15.4. The van der Waals surface area contributed by atoms with Gasteiger partial charge in [0.1, 0.15) is 11.3 Å². The number of carboxylic acids is 1. The minimum absolute atomic E-state index is 0. The molecule has 0 radical (unpaired) electrons. The monoisotopic (exact) mass is 352 g/mol. The fourth-order valence-corrected chi connectivity index (χ4v) is 1.78. The van der Waals surface area contributed by atoms with Crippen molar-refractivity contribution in [2.45, 2.75) is 0 Å². The number of aromatic nitrogens is 2. The van der Waals surface area contributed by atoms with Crippen molar-refractivity contribution in [2.24, 2.45) is 0 Å². The van der Waals surface area contributed by atoms with Crippen LogP contribution in [0.1, 0.15) is 10.4 Å². The van der Waals surface area contributed by atoms with E-state index in [1.165, 1.54) is 32.4 Å². The van der Waals surface area contributed by atoms with Crippen molar-refractivity contribution in [3.05, 3.63) is 34.9 Å². The fourth-order valence-electron chi connectivity index (χ4n) is 1.53. The van der Waals surface area contributed by atoms with Crippen molar-refractivity contribution in [1.82, 2.24) is 9.97 Å². The van der Waals surface area contributed by atoms with Gasteiger partial charge in [0.25, 0.3) is 0 Å². The normalized spacial score (nSPS) is 9.59. The third-order valence-electron chi connectivity index (χ3n) is 2.47. The number of nitrogens with zero attached hydrogens (tertiary/aromatic N) is 2. The molecule has 1 heterocycles. The van der Waals surface area contributed by atoms with E-state index in [1.54, 1.807) is 6.07 Å². The van der Waals surface area contributed by atoms with Crippen LogP contribution in [0.15, 0.2) is 24.3 Å². The molecule has 0 fully saturated rings. The summed E-state index contributed by atoms with van der Waals surface area (Å²) in [5.74, 6) is -0.762. The van der Waals surface area contributed by atoms with Gasteiger partial charge in [-0.15, -0.1) is 0 Å². The molecule has 7 nitrogen and oxygen atoms in total. The van der Waals surface area contributed by atoms with Crippen LogP contribution in [0.5, 0.6) is 23.5 Å². The molecule has 2 rings (SSSR count). The predicted molar refractivity (Wildman–Crippen MR) is 82.2 cm³/mol. The second kappa shape index (κ2) is 8.38. The third kappa shape index (κ3) is 4.36. The zero-order valence-electron chi connectivity index (χ0n) is 11.2. The number of aromatic carboxylic acids is 1. The molecule has 1 N–H and O–H groups in total. The zero-order valence-corrected chi connectivity index (χ0v) is 11.9. The van der Waals surface area contributed by atoms with Gasteiger partial charge < -0.3 is 19.3 Å².